The molecule has 0 radical (unpaired) electrons. The molecule has 7 N–H and O–H groups in total. The molecule has 121 heavy (non-hydrogen) atoms. The van der Waals surface area contributed by atoms with Crippen molar-refractivity contribution in [3.63, 3.8) is 0 Å². The van der Waals surface area contributed by atoms with Crippen LogP contribution in [-0.4, -0.2) is 88.3 Å². The van der Waals surface area contributed by atoms with E-state index in [9.17, 15) is 44.0 Å². The second-order valence-electron chi connectivity index (χ2n) is 27.9. The first-order chi connectivity index (χ1) is 56.4. The fraction of sp³-hybridized carbons (Fsp3) is 0.182. The molecule has 16 rings (SSSR count). The van der Waals surface area contributed by atoms with Gasteiger partial charge in [-0.1, -0.05) is 253 Å². The molecule has 3 fully saturated rings. The van der Waals surface area contributed by atoms with Crippen molar-refractivity contribution in [2.75, 3.05) is 16.4 Å². The summed E-state index contributed by atoms with van der Waals surface area (Å²) < 4.78 is 35.3. The van der Waals surface area contributed by atoms with Gasteiger partial charge in [0.15, 0.2) is 22.9 Å². The van der Waals surface area contributed by atoms with Gasteiger partial charge in [-0.3, -0.25) is 36.6 Å². The number of halogens is 3. The van der Waals surface area contributed by atoms with Crippen LogP contribution in [0.3, 0.4) is 0 Å². The van der Waals surface area contributed by atoms with Gasteiger partial charge in [-0.15, -0.1) is 5.41 Å². The number of hydrogen-bond acceptors (Lipinski definition) is 24. The second-order valence-corrected chi connectivity index (χ2v) is 29.1. The van der Waals surface area contributed by atoms with Gasteiger partial charge in [-0.2, -0.15) is 0 Å². The SMILES string of the molecule is CC(=O)C1(c2ccc(-c3ccc(-c4nonc4N)cc3)cc2)CC1.C[C@@H](OC(=O)Nc1nonc1-c1ccc(-c2ccc(C3(C(=O)O)CC3)cc2)cc1)c1ccccc1Cl.C[C@@H](OC(=O)Nc1nonc1-c1ccc(-c2ccc(C3([C-]=O)CC3)cc2)cc1)c1ccccc1Cl.C[C@@H](OC(=O)Oc1ccc([N+](=O)[O-])cc1)c1ccccc1Cl.[Na+].[Na+].[OH-].[OH-]. The first-order valence-corrected chi connectivity index (χ1v) is 37.9. The number of ether oxygens (including phenoxy) is 4. The van der Waals surface area contributed by atoms with Gasteiger partial charge in [0.05, 0.1) is 15.8 Å². The number of nitro benzene ring substituents is 1. The minimum Gasteiger partial charge on any atom is -0.870 e. The summed E-state index contributed by atoms with van der Waals surface area (Å²) in [5.41, 5.74) is 19.0. The van der Waals surface area contributed by atoms with Crippen LogP contribution >= 0.6 is 34.8 Å². The van der Waals surface area contributed by atoms with Crippen LogP contribution in [0, 0.1) is 10.1 Å². The van der Waals surface area contributed by atoms with Gasteiger partial charge in [-0.25, -0.2) is 28.3 Å². The number of nitrogens with one attached hydrogen (secondary N) is 2. The number of carboxylic acid groups (broad SMARTS) is 1. The first-order valence-electron chi connectivity index (χ1n) is 36.8. The normalized spacial score (nSPS) is 13.7. The van der Waals surface area contributed by atoms with Crippen LogP contribution in [-0.2, 0) is 44.8 Å². The van der Waals surface area contributed by atoms with Crippen molar-refractivity contribution in [1.82, 2.24) is 30.9 Å². The molecule has 28 nitrogen and oxygen atoms in total. The molecule has 3 saturated carbocycles. The van der Waals surface area contributed by atoms with E-state index in [4.69, 9.17) is 68.7 Å². The number of nitrogen functional groups attached to an aromatic ring is 1. The molecule has 3 aliphatic rings. The summed E-state index contributed by atoms with van der Waals surface area (Å²) >= 11 is 18.4. The van der Waals surface area contributed by atoms with E-state index in [0.29, 0.717) is 72.8 Å². The van der Waals surface area contributed by atoms with Crippen LogP contribution in [0.4, 0.5) is 37.5 Å². The van der Waals surface area contributed by atoms with Crippen molar-refractivity contribution in [2.45, 2.75) is 101 Å². The molecule has 608 valence electrons. The third-order valence-electron chi connectivity index (χ3n) is 20.4. The Kier molecular flexibility index (Phi) is 31.9. The number of nitro groups is 1. The number of carbonyl (C=O) groups is 5. The summed E-state index contributed by atoms with van der Waals surface area (Å²) in [4.78, 5) is 81.2. The maximum atomic E-state index is 12.5. The Hall–Kier alpha value is -11.8. The van der Waals surface area contributed by atoms with Crippen LogP contribution in [0.1, 0.15) is 118 Å². The molecule has 3 heterocycles. The molecule has 0 saturated heterocycles. The fourth-order valence-corrected chi connectivity index (χ4v) is 14.0. The topological polar surface area (TPSA) is 430 Å². The number of anilines is 3. The quantitative estimate of drug-likeness (QED) is 0.00931. The molecule has 33 heteroatoms. The summed E-state index contributed by atoms with van der Waals surface area (Å²) in [5.74, 6) is 0.212. The zero-order valence-electron chi connectivity index (χ0n) is 65.9. The van der Waals surface area contributed by atoms with Gasteiger partial charge in [-0.05, 0) is 159 Å². The molecule has 0 aliphatic heterocycles. The van der Waals surface area contributed by atoms with E-state index in [1.807, 2.05) is 140 Å². The molecule has 13 aromatic rings. The van der Waals surface area contributed by atoms with E-state index < -0.39 is 58.4 Å². The summed E-state index contributed by atoms with van der Waals surface area (Å²) in [6.45, 7) is 6.80. The number of amides is 2. The number of Topliss-reactive ketones (excluding diaryl/α,β-unsaturated/α-hetero) is 1. The standard InChI is InChI=1S/C27H22ClN3O5.C27H21ClN3O4.C19H17N3O2.C15H12ClNO5.2Na.2H2O/c1-16(21-4-2-3-5-22(21)28)35-26(34)29-24-23(30-36-31-24)19-8-6-17(7-9-19)18-10-12-20(13-11-18)27(14-15-27)25(32)33;1-17(22-4-2-3-5-23(22)28)34-26(33)29-25-24(30-35-31-25)20-8-6-18(7-9-20)19-10-12-21(13-11-19)27(16-32)14-15-27;1-12(23)19(10-11-19)16-8-6-14(7-9-16)13-2-4-15(5-3-13)17-18(20)22-24-21-17;1-10(13-4-2-3-5-14(13)16)21-15(18)22-12-8-6-11(7-9-12)17(19)20;;;;/h2-13,16H,14-15H2,1H3,(H,32,33)(H,29,31,34);2-13,17H,14-15H2,1H3,(H,29,31,33);2-9H,10-11H2,1H3,(H2,20,22);2-10H,1H3;;;2*1H2/q;-1;;;2*+1;;/p-2/t16-;17-;;10-;;;;/m11.1..../s1. The molecule has 0 bridgehead atoms. The number of carboxylic acids is 1. The fourth-order valence-electron chi connectivity index (χ4n) is 13.1. The number of non-ortho nitro benzene ring substituents is 1. The zero-order chi connectivity index (χ0) is 82.5. The van der Waals surface area contributed by atoms with E-state index in [1.165, 1.54) is 24.3 Å². The van der Waals surface area contributed by atoms with E-state index in [-0.39, 0.29) is 110 Å². The van der Waals surface area contributed by atoms with Gasteiger partial charge < -0.3 is 45.5 Å². The zero-order valence-corrected chi connectivity index (χ0v) is 72.1. The van der Waals surface area contributed by atoms with Gasteiger partial charge in [0, 0.05) is 60.6 Å². The van der Waals surface area contributed by atoms with Crippen LogP contribution < -0.4 is 80.2 Å². The number of rotatable bonds is 22. The molecular formula is C88H74Cl3N10Na2O18-. The van der Waals surface area contributed by atoms with Gasteiger partial charge in [0.2, 0.25) is 11.6 Å². The molecule has 0 spiro atoms. The van der Waals surface area contributed by atoms with E-state index >= 15 is 0 Å². The summed E-state index contributed by atoms with van der Waals surface area (Å²) in [6, 6.07) is 73.3. The molecule has 3 aliphatic carbocycles. The van der Waals surface area contributed by atoms with Crippen molar-refractivity contribution < 1.29 is 142 Å². The van der Waals surface area contributed by atoms with Crippen molar-refractivity contribution in [2.24, 2.45) is 0 Å². The average molecular weight is 1710 g/mol. The molecular weight excluding hydrogens is 1640 g/mol. The summed E-state index contributed by atoms with van der Waals surface area (Å²) in [5, 5.41) is 49.5. The number of nitrogens with two attached hydrogens (primary N) is 1. The molecule has 0 unspecified atom stereocenters. The molecule has 3 atom stereocenters. The third-order valence-corrected chi connectivity index (χ3v) is 21.4. The minimum absolute atomic E-state index is 0. The average Bonchev–Trinajstić information content (AvgIpc) is 1.62. The Morgan fingerprint density at radius 1 is 0.455 bits per heavy atom. The summed E-state index contributed by atoms with van der Waals surface area (Å²) in [7, 11) is 0. The first kappa shape index (κ1) is 93.1. The van der Waals surface area contributed by atoms with E-state index in [1.54, 1.807) is 82.3 Å². The Balaban J connectivity index is 0.000000185. The van der Waals surface area contributed by atoms with Gasteiger partial charge in [0.1, 0.15) is 29.8 Å². The predicted octanol–water partition coefficient (Wildman–Crippen LogP) is 14.8. The summed E-state index contributed by atoms with van der Waals surface area (Å²) in [6.07, 6.45) is 3.11. The maximum absolute atomic E-state index is 12.5. The molecule has 3 aromatic heterocycles. The van der Waals surface area contributed by atoms with Crippen molar-refractivity contribution in [3.8, 4) is 72.9 Å². The van der Waals surface area contributed by atoms with E-state index in [0.717, 1.165) is 81.3 Å². The number of aromatic nitrogens is 6. The Morgan fingerprint density at radius 2 is 0.777 bits per heavy atom. The Bertz CT molecular complexity index is 5760. The van der Waals surface area contributed by atoms with E-state index in [2.05, 4.69) is 76.8 Å². The van der Waals surface area contributed by atoms with Gasteiger partial charge >= 0.3 is 83.4 Å². The number of benzene rings is 10. The Morgan fingerprint density at radius 3 is 1.10 bits per heavy atom. The van der Waals surface area contributed by atoms with Crippen molar-refractivity contribution in [1.29, 1.82) is 0 Å². The monoisotopic (exact) mass is 1710 g/mol. The Labute approximate surface area is 752 Å². The molecule has 2 amide bonds. The smallest absolute Gasteiger partial charge is 0.870 e. The molecule has 10 aromatic carbocycles. The van der Waals surface area contributed by atoms with Crippen LogP contribution in [0.5, 0.6) is 5.75 Å². The van der Waals surface area contributed by atoms with Crippen LogP contribution in [0.2, 0.25) is 15.1 Å². The minimum atomic E-state index is -0.915. The number of aliphatic carboxylic acids is 1. The maximum Gasteiger partial charge on any atom is 1.00 e. The van der Waals surface area contributed by atoms with Gasteiger partial charge in [0.25, 0.3) is 5.69 Å². The van der Waals surface area contributed by atoms with Crippen LogP contribution in [0.15, 0.2) is 257 Å². The van der Waals surface area contributed by atoms with Crippen molar-refractivity contribution in [3.05, 3.63) is 301 Å². The number of nitrogens with zero attached hydrogens (tertiary/aromatic N) is 7. The van der Waals surface area contributed by atoms with Crippen molar-refractivity contribution >= 4 is 94.3 Å². The number of carbonyl (C=O) groups excluding carboxylic acids is 5. The third kappa shape index (κ3) is 22.5. The number of hydrogen-bond donors (Lipinski definition) is 4. The number of ketones is 1. The largest absolute Gasteiger partial charge is 1.00 e. The second kappa shape index (κ2) is 41.5. The van der Waals surface area contributed by atoms with Crippen LogP contribution in [0.25, 0.3) is 67.2 Å². The predicted molar refractivity (Wildman–Crippen MR) is 441 cm³/mol.